The summed E-state index contributed by atoms with van der Waals surface area (Å²) in [6.07, 6.45) is 3.08. The van der Waals surface area contributed by atoms with Crippen LogP contribution in [0.4, 0.5) is 16.2 Å². The molecule has 2 rings (SSSR count). The number of unbranched alkanes of at least 4 members (excludes halogenated alkanes) is 1. The molecule has 0 unspecified atom stereocenters. The summed E-state index contributed by atoms with van der Waals surface area (Å²) in [7, 11) is 0. The van der Waals surface area contributed by atoms with E-state index in [1.807, 2.05) is 6.92 Å². The number of anilines is 2. The van der Waals surface area contributed by atoms with E-state index in [1.54, 1.807) is 37.3 Å². The highest BCUT2D eigenvalue weighted by atomic mass is 16.2. The summed E-state index contributed by atoms with van der Waals surface area (Å²) >= 11 is 0. The number of amides is 5. The molecule has 3 N–H and O–H groups in total. The Morgan fingerprint density at radius 1 is 1.19 bits per heavy atom. The molecule has 27 heavy (non-hydrogen) atoms. The molecule has 144 valence electrons. The molecule has 1 aliphatic rings. The maximum Gasteiger partial charge on any atom is 0.330 e. The van der Waals surface area contributed by atoms with Gasteiger partial charge in [-0.15, -0.1) is 0 Å². The van der Waals surface area contributed by atoms with E-state index in [2.05, 4.69) is 16.0 Å². The monoisotopic (exact) mass is 372 g/mol. The van der Waals surface area contributed by atoms with E-state index < -0.39 is 23.8 Å². The fourth-order valence-corrected chi connectivity index (χ4v) is 2.77. The molecule has 8 nitrogen and oxygen atoms in total. The summed E-state index contributed by atoms with van der Waals surface area (Å²) in [5, 5.41) is 7.99. The highest BCUT2D eigenvalue weighted by Crippen LogP contribution is 2.27. The standard InChI is InChI=1S/C19H24N4O4/c1-4-6-11-23-18(26)16(17(25)22-19(23)27)13(5-2)21-15-10-8-7-9-14(15)20-12(3)24/h5,7-10,16,21H,4,6,11H2,1-3H3,(H,20,24)(H,22,25,27)/b13-5-/t16-/m0/s1. The Morgan fingerprint density at radius 3 is 2.37 bits per heavy atom. The van der Waals surface area contributed by atoms with Gasteiger partial charge in [0.25, 0.3) is 0 Å². The first kappa shape index (κ1) is 20.2. The smallest absolute Gasteiger partial charge is 0.330 e. The fraction of sp³-hybridized carbons (Fsp3) is 0.368. The Hall–Kier alpha value is -3.16. The first-order chi connectivity index (χ1) is 12.9. The minimum atomic E-state index is -1.16. The topological polar surface area (TPSA) is 108 Å². The Balaban J connectivity index is 2.29. The second-order valence-corrected chi connectivity index (χ2v) is 6.17. The maximum absolute atomic E-state index is 12.8. The molecule has 1 aliphatic heterocycles. The van der Waals surface area contributed by atoms with Gasteiger partial charge in [0.05, 0.1) is 11.4 Å². The number of rotatable bonds is 7. The van der Waals surface area contributed by atoms with Crippen LogP contribution in [0.5, 0.6) is 0 Å². The molecular weight excluding hydrogens is 348 g/mol. The number of nitrogens with one attached hydrogen (secondary N) is 3. The molecule has 1 saturated heterocycles. The fourth-order valence-electron chi connectivity index (χ4n) is 2.77. The van der Waals surface area contributed by atoms with Gasteiger partial charge in [-0.3, -0.25) is 24.6 Å². The third-order valence-corrected chi connectivity index (χ3v) is 4.12. The van der Waals surface area contributed by atoms with Gasteiger partial charge in [0.2, 0.25) is 17.7 Å². The number of carbonyl (C=O) groups excluding carboxylic acids is 4. The zero-order valence-corrected chi connectivity index (χ0v) is 15.7. The van der Waals surface area contributed by atoms with Crippen molar-refractivity contribution < 1.29 is 19.2 Å². The quantitative estimate of drug-likeness (QED) is 0.637. The molecular formula is C19H24N4O4. The Labute approximate surface area is 158 Å². The van der Waals surface area contributed by atoms with Gasteiger partial charge >= 0.3 is 6.03 Å². The van der Waals surface area contributed by atoms with Crippen molar-refractivity contribution in [2.45, 2.75) is 33.6 Å². The summed E-state index contributed by atoms with van der Waals surface area (Å²) in [5.41, 5.74) is 1.40. The first-order valence-corrected chi connectivity index (χ1v) is 8.85. The molecule has 0 saturated carbocycles. The van der Waals surface area contributed by atoms with Crippen molar-refractivity contribution in [3.8, 4) is 0 Å². The number of hydrogen-bond acceptors (Lipinski definition) is 5. The van der Waals surface area contributed by atoms with Gasteiger partial charge in [-0.25, -0.2) is 4.79 Å². The molecule has 1 aromatic carbocycles. The molecule has 0 spiro atoms. The Bertz CT molecular complexity index is 788. The first-order valence-electron chi connectivity index (χ1n) is 8.85. The molecule has 8 heteroatoms. The lowest BCUT2D eigenvalue weighted by Crippen LogP contribution is -2.58. The van der Waals surface area contributed by atoms with Crippen LogP contribution >= 0.6 is 0 Å². The Morgan fingerprint density at radius 2 is 1.81 bits per heavy atom. The van der Waals surface area contributed by atoms with E-state index in [1.165, 1.54) is 6.92 Å². The van der Waals surface area contributed by atoms with Gasteiger partial charge in [-0.2, -0.15) is 0 Å². The number of nitrogens with zero attached hydrogens (tertiary/aromatic N) is 1. The third kappa shape index (κ3) is 4.72. The van der Waals surface area contributed by atoms with Crippen LogP contribution in [0.3, 0.4) is 0 Å². The summed E-state index contributed by atoms with van der Waals surface area (Å²) in [6, 6.07) is 6.26. The van der Waals surface area contributed by atoms with Gasteiger partial charge in [0, 0.05) is 19.2 Å². The summed E-state index contributed by atoms with van der Waals surface area (Å²) in [5.74, 6) is -2.63. The molecule has 1 aromatic rings. The second-order valence-electron chi connectivity index (χ2n) is 6.17. The van der Waals surface area contributed by atoms with Crippen molar-refractivity contribution in [2.24, 2.45) is 5.92 Å². The van der Waals surface area contributed by atoms with Crippen molar-refractivity contribution in [3.63, 3.8) is 0 Å². The average Bonchev–Trinajstić information content (AvgIpc) is 2.61. The zero-order valence-electron chi connectivity index (χ0n) is 15.7. The average molecular weight is 372 g/mol. The lowest BCUT2D eigenvalue weighted by Gasteiger charge is -2.31. The van der Waals surface area contributed by atoms with Gasteiger partial charge < -0.3 is 10.6 Å². The summed E-state index contributed by atoms with van der Waals surface area (Å²) in [6.45, 7) is 5.29. The van der Waals surface area contributed by atoms with Crippen LogP contribution in [-0.2, 0) is 14.4 Å². The van der Waals surface area contributed by atoms with Crippen LogP contribution < -0.4 is 16.0 Å². The second kappa shape index (κ2) is 8.98. The van der Waals surface area contributed by atoms with E-state index >= 15 is 0 Å². The predicted molar refractivity (Wildman–Crippen MR) is 102 cm³/mol. The lowest BCUT2D eigenvalue weighted by atomic mass is 9.99. The predicted octanol–water partition coefficient (Wildman–Crippen LogP) is 2.46. The van der Waals surface area contributed by atoms with E-state index in [9.17, 15) is 19.2 Å². The minimum absolute atomic E-state index is 0.242. The summed E-state index contributed by atoms with van der Waals surface area (Å²) in [4.78, 5) is 49.6. The van der Waals surface area contributed by atoms with Crippen molar-refractivity contribution in [1.29, 1.82) is 0 Å². The van der Waals surface area contributed by atoms with Gasteiger partial charge in [0.1, 0.15) is 0 Å². The maximum atomic E-state index is 12.8. The van der Waals surface area contributed by atoms with Gasteiger partial charge in [0.15, 0.2) is 5.92 Å². The van der Waals surface area contributed by atoms with E-state index in [0.29, 0.717) is 23.5 Å². The molecule has 1 fully saturated rings. The van der Waals surface area contributed by atoms with Crippen molar-refractivity contribution in [1.82, 2.24) is 10.2 Å². The highest BCUT2D eigenvalue weighted by Gasteiger charge is 2.42. The van der Waals surface area contributed by atoms with E-state index in [4.69, 9.17) is 0 Å². The molecule has 0 radical (unpaired) electrons. The molecule has 5 amide bonds. The highest BCUT2D eigenvalue weighted by molar-refractivity contribution is 6.18. The SMILES string of the molecule is C/C=C(\Nc1ccccc1NC(C)=O)[C@H]1C(=O)NC(=O)N(CCCC)C1=O. The molecule has 1 atom stereocenters. The lowest BCUT2D eigenvalue weighted by molar-refractivity contribution is -0.140. The van der Waals surface area contributed by atoms with Crippen LogP contribution in [0.25, 0.3) is 0 Å². The summed E-state index contributed by atoms with van der Waals surface area (Å²) < 4.78 is 0. The number of hydrogen-bond donors (Lipinski definition) is 3. The molecule has 0 aliphatic carbocycles. The van der Waals surface area contributed by atoms with Crippen molar-refractivity contribution in [2.75, 3.05) is 17.2 Å². The molecule has 0 aromatic heterocycles. The van der Waals surface area contributed by atoms with Crippen LogP contribution in [0.2, 0.25) is 0 Å². The minimum Gasteiger partial charge on any atom is -0.356 e. The van der Waals surface area contributed by atoms with Crippen LogP contribution in [-0.4, -0.2) is 35.2 Å². The number of urea groups is 1. The Kier molecular flexibility index (Phi) is 6.70. The van der Waals surface area contributed by atoms with E-state index in [-0.39, 0.29) is 12.5 Å². The van der Waals surface area contributed by atoms with E-state index in [0.717, 1.165) is 11.3 Å². The number of allylic oxidation sites excluding steroid dienone is 1. The zero-order chi connectivity index (χ0) is 20.0. The van der Waals surface area contributed by atoms with Crippen LogP contribution in [0.15, 0.2) is 36.0 Å². The van der Waals surface area contributed by atoms with Gasteiger partial charge in [-0.05, 0) is 25.5 Å². The number of carbonyl (C=O) groups is 4. The largest absolute Gasteiger partial charge is 0.356 e. The number of imide groups is 2. The third-order valence-electron chi connectivity index (χ3n) is 4.12. The van der Waals surface area contributed by atoms with Crippen LogP contribution in [0.1, 0.15) is 33.6 Å². The number of para-hydroxylation sites is 2. The number of benzene rings is 1. The molecule has 1 heterocycles. The normalized spacial score (nSPS) is 17.6. The number of barbiturate groups is 1. The van der Waals surface area contributed by atoms with Crippen molar-refractivity contribution >= 4 is 35.1 Å². The van der Waals surface area contributed by atoms with Crippen molar-refractivity contribution in [3.05, 3.63) is 36.0 Å². The van der Waals surface area contributed by atoms with Gasteiger partial charge in [-0.1, -0.05) is 31.6 Å². The molecule has 0 bridgehead atoms. The van der Waals surface area contributed by atoms with Crippen LogP contribution in [0, 0.1) is 5.92 Å².